The summed E-state index contributed by atoms with van der Waals surface area (Å²) in [5, 5.41) is 8.26. The number of carbonyl (C=O) groups is 1. The fourth-order valence-corrected chi connectivity index (χ4v) is 3.58. The first kappa shape index (κ1) is 18.5. The Bertz CT molecular complexity index is 1070. The van der Waals surface area contributed by atoms with E-state index in [0.717, 1.165) is 16.3 Å². The van der Waals surface area contributed by atoms with Crippen LogP contribution < -0.4 is 0 Å². The minimum absolute atomic E-state index is 0.123. The van der Waals surface area contributed by atoms with E-state index in [-0.39, 0.29) is 23.2 Å². The summed E-state index contributed by atoms with van der Waals surface area (Å²) in [6.45, 7) is 4.26. The van der Waals surface area contributed by atoms with Crippen LogP contribution in [0, 0.1) is 13.8 Å². The van der Waals surface area contributed by atoms with Crippen molar-refractivity contribution in [2.45, 2.75) is 32.4 Å². The summed E-state index contributed by atoms with van der Waals surface area (Å²) in [7, 11) is 1.77. The van der Waals surface area contributed by atoms with E-state index in [1.807, 2.05) is 6.92 Å². The number of rotatable bonds is 2. The Morgan fingerprint density at radius 2 is 2.00 bits per heavy atom. The maximum atomic E-state index is 13.3. The number of nitrogens with zero attached hydrogens (tertiary/aromatic N) is 6. The molecule has 1 aliphatic heterocycles. The SMILES string of the molecule is Cc1cc(C(F)(F)F)n2nc(C3CCN(C(=O)c4cnn(C)c4C)C3)cc2n1. The van der Waals surface area contributed by atoms with Crippen LogP contribution in [0.3, 0.4) is 0 Å². The van der Waals surface area contributed by atoms with Gasteiger partial charge >= 0.3 is 6.18 Å². The molecule has 0 radical (unpaired) electrons. The largest absolute Gasteiger partial charge is 0.433 e. The highest BCUT2D eigenvalue weighted by Gasteiger charge is 2.36. The van der Waals surface area contributed by atoms with Gasteiger partial charge in [-0.3, -0.25) is 9.48 Å². The standard InChI is InChI=1S/C18H19F3N6O/c1-10-6-15(18(19,20)21)27-16(23-10)7-14(24-27)12-4-5-26(9-12)17(28)13-8-22-25(3)11(13)2/h6-8,12H,4-5,9H2,1-3H3. The summed E-state index contributed by atoms with van der Waals surface area (Å²) in [5.41, 5.74) is 1.42. The lowest BCUT2D eigenvalue weighted by molar-refractivity contribution is -0.142. The molecule has 1 aliphatic rings. The average Bonchev–Trinajstić information content (AvgIpc) is 3.32. The molecule has 3 aromatic heterocycles. The first-order chi connectivity index (χ1) is 13.1. The molecular formula is C18H19F3N6O. The van der Waals surface area contributed by atoms with Gasteiger partial charge in [-0.1, -0.05) is 0 Å². The molecule has 1 fully saturated rings. The molecule has 1 saturated heterocycles. The number of hydrogen-bond donors (Lipinski definition) is 0. The lowest BCUT2D eigenvalue weighted by atomic mass is 10.1. The first-order valence-electron chi connectivity index (χ1n) is 8.87. The Balaban J connectivity index is 1.61. The van der Waals surface area contributed by atoms with Gasteiger partial charge in [0.25, 0.3) is 5.91 Å². The van der Waals surface area contributed by atoms with Crippen molar-refractivity contribution in [3.05, 3.63) is 46.7 Å². The van der Waals surface area contributed by atoms with Crippen molar-refractivity contribution in [1.82, 2.24) is 29.3 Å². The fourth-order valence-electron chi connectivity index (χ4n) is 3.58. The van der Waals surface area contributed by atoms with Crippen LogP contribution in [0.4, 0.5) is 13.2 Å². The predicted octanol–water partition coefficient (Wildman–Crippen LogP) is 2.73. The number of aryl methyl sites for hydroxylation is 2. The Labute approximate surface area is 158 Å². The summed E-state index contributed by atoms with van der Waals surface area (Å²) in [4.78, 5) is 18.6. The normalized spacial score (nSPS) is 17.6. The second kappa shape index (κ2) is 6.32. The summed E-state index contributed by atoms with van der Waals surface area (Å²) < 4.78 is 42.5. The van der Waals surface area contributed by atoms with Gasteiger partial charge in [-0.2, -0.15) is 23.4 Å². The van der Waals surface area contributed by atoms with Gasteiger partial charge in [0.1, 0.15) is 5.69 Å². The Hall–Kier alpha value is -2.91. The average molecular weight is 392 g/mol. The maximum absolute atomic E-state index is 13.3. The number of carbonyl (C=O) groups excluding carboxylic acids is 1. The van der Waals surface area contributed by atoms with E-state index < -0.39 is 11.9 Å². The molecule has 3 aromatic rings. The predicted molar refractivity (Wildman–Crippen MR) is 93.9 cm³/mol. The van der Waals surface area contributed by atoms with Crippen LogP contribution in [0.25, 0.3) is 5.65 Å². The van der Waals surface area contributed by atoms with Gasteiger partial charge in [-0.25, -0.2) is 9.50 Å². The van der Waals surface area contributed by atoms with Gasteiger partial charge in [0.2, 0.25) is 0 Å². The third kappa shape index (κ3) is 3.02. The molecular weight excluding hydrogens is 373 g/mol. The molecule has 0 N–H and O–H groups in total. The van der Waals surface area contributed by atoms with Crippen LogP contribution in [-0.2, 0) is 13.2 Å². The van der Waals surface area contributed by atoms with Crippen LogP contribution in [0.2, 0.25) is 0 Å². The van der Waals surface area contributed by atoms with Crippen molar-refractivity contribution in [2.24, 2.45) is 7.05 Å². The number of aromatic nitrogens is 5. The highest BCUT2D eigenvalue weighted by atomic mass is 19.4. The zero-order valence-corrected chi connectivity index (χ0v) is 15.7. The highest BCUT2D eigenvalue weighted by Crippen LogP contribution is 2.32. The van der Waals surface area contributed by atoms with Gasteiger partial charge in [0.05, 0.1) is 17.5 Å². The summed E-state index contributed by atoms with van der Waals surface area (Å²) >= 11 is 0. The third-order valence-electron chi connectivity index (χ3n) is 5.22. The van der Waals surface area contributed by atoms with Crippen molar-refractivity contribution in [3.63, 3.8) is 0 Å². The van der Waals surface area contributed by atoms with Crippen LogP contribution in [0.1, 0.15) is 45.5 Å². The topological polar surface area (TPSA) is 68.3 Å². The van der Waals surface area contributed by atoms with Gasteiger partial charge in [-0.15, -0.1) is 0 Å². The van der Waals surface area contributed by atoms with E-state index in [2.05, 4.69) is 15.2 Å². The van der Waals surface area contributed by atoms with Gasteiger partial charge in [0, 0.05) is 43.5 Å². The quantitative estimate of drug-likeness (QED) is 0.673. The monoisotopic (exact) mass is 392 g/mol. The van der Waals surface area contributed by atoms with E-state index >= 15 is 0 Å². The zero-order valence-electron chi connectivity index (χ0n) is 15.7. The van der Waals surface area contributed by atoms with Crippen molar-refractivity contribution in [3.8, 4) is 0 Å². The Morgan fingerprint density at radius 1 is 1.25 bits per heavy atom. The van der Waals surface area contributed by atoms with E-state index in [0.29, 0.717) is 30.8 Å². The van der Waals surface area contributed by atoms with Crippen molar-refractivity contribution >= 4 is 11.6 Å². The molecule has 1 amide bonds. The molecule has 28 heavy (non-hydrogen) atoms. The Morgan fingerprint density at radius 3 is 2.64 bits per heavy atom. The molecule has 0 bridgehead atoms. The molecule has 0 aromatic carbocycles. The zero-order chi connectivity index (χ0) is 20.2. The van der Waals surface area contributed by atoms with E-state index in [9.17, 15) is 18.0 Å². The minimum atomic E-state index is -4.52. The molecule has 0 saturated carbocycles. The van der Waals surface area contributed by atoms with E-state index in [1.165, 1.54) is 13.1 Å². The van der Waals surface area contributed by atoms with E-state index in [4.69, 9.17) is 0 Å². The van der Waals surface area contributed by atoms with Gasteiger partial charge < -0.3 is 4.90 Å². The lowest BCUT2D eigenvalue weighted by Crippen LogP contribution is -2.28. The summed E-state index contributed by atoms with van der Waals surface area (Å²) in [6.07, 6.45) is -2.35. The number of hydrogen-bond acceptors (Lipinski definition) is 4. The number of fused-ring (bicyclic) bond motifs is 1. The van der Waals surface area contributed by atoms with Gasteiger partial charge in [0.15, 0.2) is 5.65 Å². The smallest absolute Gasteiger partial charge is 0.338 e. The number of alkyl halides is 3. The number of amides is 1. The van der Waals surface area contributed by atoms with Crippen molar-refractivity contribution in [2.75, 3.05) is 13.1 Å². The van der Waals surface area contributed by atoms with Crippen molar-refractivity contribution in [1.29, 1.82) is 0 Å². The van der Waals surface area contributed by atoms with Crippen LogP contribution in [0.15, 0.2) is 18.3 Å². The molecule has 10 heteroatoms. The van der Waals surface area contributed by atoms with Crippen molar-refractivity contribution < 1.29 is 18.0 Å². The molecule has 0 spiro atoms. The second-order valence-corrected chi connectivity index (χ2v) is 7.12. The molecule has 7 nitrogen and oxygen atoms in total. The maximum Gasteiger partial charge on any atom is 0.433 e. The van der Waals surface area contributed by atoms with Crippen LogP contribution in [-0.4, -0.2) is 48.3 Å². The lowest BCUT2D eigenvalue weighted by Gasteiger charge is -2.15. The molecule has 148 valence electrons. The third-order valence-corrected chi connectivity index (χ3v) is 5.22. The highest BCUT2D eigenvalue weighted by molar-refractivity contribution is 5.95. The van der Waals surface area contributed by atoms with E-state index in [1.54, 1.807) is 22.7 Å². The fraction of sp³-hybridized carbons (Fsp3) is 0.444. The van der Waals surface area contributed by atoms with Crippen LogP contribution >= 0.6 is 0 Å². The molecule has 4 rings (SSSR count). The Kier molecular flexibility index (Phi) is 4.16. The molecule has 1 atom stereocenters. The van der Waals surface area contributed by atoms with Gasteiger partial charge in [-0.05, 0) is 26.3 Å². The molecule has 4 heterocycles. The number of likely N-dealkylation sites (tertiary alicyclic amines) is 1. The summed E-state index contributed by atoms with van der Waals surface area (Å²) in [5.74, 6) is -0.258. The summed E-state index contributed by atoms with van der Waals surface area (Å²) in [6, 6.07) is 2.57. The molecule has 0 aliphatic carbocycles. The minimum Gasteiger partial charge on any atom is -0.338 e. The second-order valence-electron chi connectivity index (χ2n) is 7.12. The number of halogens is 3. The van der Waals surface area contributed by atoms with Crippen LogP contribution in [0.5, 0.6) is 0 Å². The first-order valence-corrected chi connectivity index (χ1v) is 8.87. The molecule has 1 unspecified atom stereocenters.